The third kappa shape index (κ3) is 6.44. The minimum Gasteiger partial charge on any atom is -0.408 e. The van der Waals surface area contributed by atoms with E-state index in [1.54, 1.807) is 0 Å². The molecule has 0 amide bonds. The Kier molecular flexibility index (Phi) is 8.71. The summed E-state index contributed by atoms with van der Waals surface area (Å²) in [7, 11) is -3.55. The van der Waals surface area contributed by atoms with Crippen LogP contribution in [0.5, 0.6) is 0 Å². The molecule has 1 N–H and O–H groups in total. The molecule has 0 spiro atoms. The maximum absolute atomic E-state index is 6.76. The minimum absolute atomic E-state index is 0.150. The van der Waals surface area contributed by atoms with Crippen molar-refractivity contribution >= 4 is 60.3 Å². The number of rotatable bonds is 5. The van der Waals surface area contributed by atoms with Crippen molar-refractivity contribution in [1.29, 1.82) is 0 Å². The van der Waals surface area contributed by atoms with Crippen molar-refractivity contribution < 1.29 is 35.5 Å². The van der Waals surface area contributed by atoms with Crippen molar-refractivity contribution in [2.45, 2.75) is 99.6 Å². The number of hydrogen-bond acceptors (Lipinski definition) is 9. The molecule has 4 aromatic carbocycles. The van der Waals surface area contributed by atoms with E-state index >= 15 is 0 Å². The summed E-state index contributed by atoms with van der Waals surface area (Å²) in [6, 6.07) is 16.7. The lowest BCUT2D eigenvalue weighted by Crippen LogP contribution is -2.42. The zero-order valence-corrected chi connectivity index (χ0v) is 32.6. The summed E-state index contributed by atoms with van der Waals surface area (Å²) in [6.07, 6.45) is -1.55. The Morgan fingerprint density at radius 1 is 0.588 bits per heavy atom. The first-order valence-electron chi connectivity index (χ1n) is 17.4. The lowest BCUT2D eigenvalue weighted by Gasteiger charge is -2.25. The fraction of sp³-hybridized carbons (Fsp3) is 0.400. The number of nitrogens with one attached hydrogen (secondary N) is 1. The van der Waals surface area contributed by atoms with Gasteiger partial charge in [0.15, 0.2) is 12.1 Å². The Morgan fingerprint density at radius 3 is 1.43 bits per heavy atom. The van der Waals surface area contributed by atoms with Gasteiger partial charge in [-0.1, -0.05) is 24.3 Å². The molecular formula is C40H45NO8P2. The van der Waals surface area contributed by atoms with Gasteiger partial charge in [-0.2, -0.15) is 0 Å². The number of aryl methyl sites for hydroxylation is 8. The number of benzene rings is 4. The lowest BCUT2D eigenvalue weighted by molar-refractivity contribution is -0.207. The number of ether oxygens (including phenoxy) is 3. The monoisotopic (exact) mass is 729 g/mol. The van der Waals surface area contributed by atoms with Crippen LogP contribution < -0.4 is 9.61 Å². The van der Waals surface area contributed by atoms with Crippen LogP contribution in [0.25, 0.3) is 43.9 Å². The summed E-state index contributed by atoms with van der Waals surface area (Å²) in [4.78, 5) is 0. The predicted octanol–water partition coefficient (Wildman–Crippen LogP) is 11.3. The van der Waals surface area contributed by atoms with E-state index in [4.69, 9.17) is 35.5 Å². The summed E-state index contributed by atoms with van der Waals surface area (Å²) in [5, 5.41) is 7.72. The molecule has 6 aromatic rings. The van der Waals surface area contributed by atoms with Gasteiger partial charge in [0.05, 0.1) is 12.6 Å². The Balaban J connectivity index is 1.21. The molecule has 2 aliphatic rings. The Hall–Kier alpha value is -3.52. The van der Waals surface area contributed by atoms with Crippen LogP contribution in [-0.2, 0) is 14.2 Å². The van der Waals surface area contributed by atoms with Gasteiger partial charge in [0.25, 0.3) is 0 Å². The van der Waals surface area contributed by atoms with Gasteiger partial charge in [-0.25, -0.2) is 5.09 Å². The highest BCUT2D eigenvalue weighted by atomic mass is 31.1. The Bertz CT molecular complexity index is 2310. The van der Waals surface area contributed by atoms with Crippen LogP contribution in [0.3, 0.4) is 0 Å². The van der Waals surface area contributed by atoms with E-state index in [-0.39, 0.29) is 6.61 Å². The first kappa shape index (κ1) is 34.6. The van der Waals surface area contributed by atoms with Crippen LogP contribution in [0.1, 0.15) is 58.4 Å². The van der Waals surface area contributed by atoms with E-state index in [0.717, 1.165) is 88.4 Å². The molecule has 0 aliphatic carbocycles. The molecule has 4 atom stereocenters. The predicted molar refractivity (Wildman–Crippen MR) is 204 cm³/mol. The lowest BCUT2D eigenvalue weighted by atomic mass is 10.0. The molecule has 51 heavy (non-hydrogen) atoms. The smallest absolute Gasteiger partial charge is 0.387 e. The Morgan fingerprint density at radius 2 is 1.00 bits per heavy atom. The van der Waals surface area contributed by atoms with Crippen LogP contribution in [0.2, 0.25) is 0 Å². The topological polar surface area (TPSA) is 102 Å². The maximum atomic E-state index is 6.76. The number of fused-ring (bicyclic) bond motifs is 7. The first-order valence-corrected chi connectivity index (χ1v) is 19.7. The first-order chi connectivity index (χ1) is 24.2. The van der Waals surface area contributed by atoms with E-state index < -0.39 is 46.7 Å². The highest BCUT2D eigenvalue weighted by molar-refractivity contribution is 7.38. The van der Waals surface area contributed by atoms with Crippen molar-refractivity contribution in [2.24, 2.45) is 0 Å². The molecular weight excluding hydrogens is 684 g/mol. The van der Waals surface area contributed by atoms with Gasteiger partial charge in [0, 0.05) is 21.5 Å². The van der Waals surface area contributed by atoms with E-state index in [2.05, 4.69) is 109 Å². The van der Waals surface area contributed by atoms with E-state index in [9.17, 15) is 0 Å². The molecule has 268 valence electrons. The molecule has 9 nitrogen and oxygen atoms in total. The minimum atomic E-state index is -1.85. The second-order valence-corrected chi connectivity index (χ2v) is 17.0. The van der Waals surface area contributed by atoms with Crippen molar-refractivity contribution in [3.8, 4) is 0 Å². The summed E-state index contributed by atoms with van der Waals surface area (Å²) in [5.41, 5.74) is 11.9. The summed E-state index contributed by atoms with van der Waals surface area (Å²) >= 11 is 0. The van der Waals surface area contributed by atoms with Crippen molar-refractivity contribution in [2.75, 3.05) is 11.7 Å². The van der Waals surface area contributed by atoms with E-state index in [0.29, 0.717) is 0 Å². The SMILES string of the molecule is Cc1cc(C)c2op(N[C@H]3[C@H]4OC(C)(C)O[C@H]4O[C@@H]3COp3oc4c(C)cc(C)cc4c4cc(C)cc(C)c4o3)oc3c(C)cc(C)cc3c2c1. The molecule has 2 saturated heterocycles. The van der Waals surface area contributed by atoms with Crippen LogP contribution in [0.4, 0.5) is 0 Å². The van der Waals surface area contributed by atoms with Crippen LogP contribution in [-0.4, -0.2) is 36.9 Å². The van der Waals surface area contributed by atoms with Gasteiger partial charge in [0.1, 0.15) is 34.5 Å². The van der Waals surface area contributed by atoms with E-state index in [1.165, 1.54) is 0 Å². The van der Waals surface area contributed by atoms with Gasteiger partial charge in [-0.05, 0) is 138 Å². The van der Waals surface area contributed by atoms with Gasteiger partial charge < -0.3 is 31.0 Å². The van der Waals surface area contributed by atoms with E-state index in [1.807, 2.05) is 13.8 Å². The van der Waals surface area contributed by atoms with Crippen molar-refractivity contribution in [1.82, 2.24) is 0 Å². The second-order valence-electron chi connectivity index (χ2n) is 14.8. The molecule has 0 saturated carbocycles. The molecule has 4 heterocycles. The fourth-order valence-electron chi connectivity index (χ4n) is 7.69. The largest absolute Gasteiger partial charge is 0.408 e. The standard InChI is InChI=1S/C40H45NO8P2/c1-20-11-24(5)34-28(15-20)29-16-21(2)12-25(6)35(29)47-50(46-34)41-33-32(43-39-38(33)44-40(9,10)45-39)19-42-51-48-36-26(7)13-22(3)17-30(36)31-18-23(4)14-27(8)37(31)49-51/h11-18,32-33,38-39,41H,19H2,1-10H3/t32-,33-,38-,39-/m1/s1. The molecule has 11 heteroatoms. The zero-order chi connectivity index (χ0) is 35.9. The third-order valence-electron chi connectivity index (χ3n) is 9.69. The van der Waals surface area contributed by atoms with Crippen LogP contribution in [0, 0.1) is 55.4 Å². The molecule has 2 fully saturated rings. The summed E-state index contributed by atoms with van der Waals surface area (Å²) < 4.78 is 52.4. The van der Waals surface area contributed by atoms with Crippen LogP contribution in [0.15, 0.2) is 65.3 Å². The fourth-order valence-corrected chi connectivity index (χ4v) is 10.4. The van der Waals surface area contributed by atoms with Gasteiger partial charge in [-0.3, -0.25) is 4.52 Å². The molecule has 2 aromatic heterocycles. The third-order valence-corrected chi connectivity index (χ3v) is 11.9. The highest BCUT2D eigenvalue weighted by Gasteiger charge is 2.55. The summed E-state index contributed by atoms with van der Waals surface area (Å²) in [6.45, 7) is 20.6. The second kappa shape index (κ2) is 12.9. The molecule has 2 aliphatic heterocycles. The van der Waals surface area contributed by atoms with Crippen LogP contribution >= 0.6 is 16.4 Å². The van der Waals surface area contributed by atoms with Gasteiger partial charge >= 0.3 is 16.4 Å². The Labute approximate surface area is 299 Å². The van der Waals surface area contributed by atoms with Crippen molar-refractivity contribution in [3.63, 3.8) is 0 Å². The number of hydrogen-bond donors (Lipinski definition) is 1. The van der Waals surface area contributed by atoms with Gasteiger partial charge in [-0.15, -0.1) is 0 Å². The highest BCUT2D eigenvalue weighted by Crippen LogP contribution is 2.44. The molecule has 8 rings (SSSR count). The average molecular weight is 730 g/mol. The van der Waals surface area contributed by atoms with Crippen molar-refractivity contribution in [3.05, 3.63) is 93.0 Å². The molecule has 0 unspecified atom stereocenters. The molecule has 0 radical (unpaired) electrons. The quantitative estimate of drug-likeness (QED) is 0.186. The molecule has 0 bridgehead atoms. The van der Waals surface area contributed by atoms with Gasteiger partial charge in [0.2, 0.25) is 0 Å². The zero-order valence-electron chi connectivity index (χ0n) is 30.8. The maximum Gasteiger partial charge on any atom is 0.387 e. The summed E-state index contributed by atoms with van der Waals surface area (Å²) in [5.74, 6) is -0.822. The average Bonchev–Trinajstić information content (AvgIpc) is 3.36. The normalized spacial score (nSPS) is 21.3.